The van der Waals surface area contributed by atoms with Crippen LogP contribution in [0.5, 0.6) is 5.88 Å². The maximum atomic E-state index is 12.4. The fraction of sp³-hybridized carbons (Fsp3) is 0.235. The second kappa shape index (κ2) is 6.48. The molecule has 3 rings (SSSR count). The molecule has 1 N–H and O–H groups in total. The summed E-state index contributed by atoms with van der Waals surface area (Å²) >= 11 is 0. The van der Waals surface area contributed by atoms with Gasteiger partial charge in [0.05, 0.1) is 12.2 Å². The van der Waals surface area contributed by atoms with Crippen LogP contribution < -0.4 is 10.1 Å². The molecule has 1 amide bonds. The Hall–Kier alpha value is -2.89. The van der Waals surface area contributed by atoms with Gasteiger partial charge in [0.15, 0.2) is 6.10 Å². The second-order valence-electron chi connectivity index (χ2n) is 5.03. The molecule has 0 saturated carbocycles. The van der Waals surface area contributed by atoms with Crippen LogP contribution in [0.1, 0.15) is 22.8 Å². The molecular formula is C17H16N2O4. The van der Waals surface area contributed by atoms with Gasteiger partial charge in [0.1, 0.15) is 5.69 Å². The maximum absolute atomic E-state index is 12.4. The van der Waals surface area contributed by atoms with E-state index < -0.39 is 18.0 Å². The quantitative estimate of drug-likeness (QED) is 0.876. The van der Waals surface area contributed by atoms with Crippen molar-refractivity contribution < 1.29 is 19.1 Å². The normalized spacial score (nSPS) is 16.2. The Kier molecular flexibility index (Phi) is 4.23. The zero-order valence-electron chi connectivity index (χ0n) is 12.6. The van der Waals surface area contributed by atoms with Crippen LogP contribution >= 0.6 is 0 Å². The van der Waals surface area contributed by atoms with E-state index in [0.717, 1.165) is 5.56 Å². The lowest BCUT2D eigenvalue weighted by Crippen LogP contribution is -2.38. The van der Waals surface area contributed by atoms with Gasteiger partial charge in [-0.05, 0) is 30.7 Å². The third-order valence-corrected chi connectivity index (χ3v) is 3.49. The maximum Gasteiger partial charge on any atom is 0.339 e. The standard InChI is InChI=1S/C17H16N2O4/c1-2-22-16-13(8-5-9-18-16)19-15(20)14-10-11-6-3-4-7-12(11)17(21)23-14/h3-9,14H,2,10H2,1H3,(H,19,20). The minimum absolute atomic E-state index is 0.339. The van der Waals surface area contributed by atoms with Crippen LogP contribution in [0.4, 0.5) is 5.69 Å². The van der Waals surface area contributed by atoms with Crippen molar-refractivity contribution in [1.29, 1.82) is 0 Å². The fourth-order valence-electron chi connectivity index (χ4n) is 2.43. The van der Waals surface area contributed by atoms with E-state index in [1.54, 1.807) is 30.5 Å². The number of cyclic esters (lactones) is 1. The highest BCUT2D eigenvalue weighted by Gasteiger charge is 2.31. The molecule has 1 atom stereocenters. The lowest BCUT2D eigenvalue weighted by molar-refractivity contribution is -0.125. The minimum atomic E-state index is -0.868. The molecule has 0 fully saturated rings. The SMILES string of the molecule is CCOc1ncccc1NC(=O)C1Cc2ccccc2C(=O)O1. The number of esters is 1. The molecule has 0 aliphatic carbocycles. The second-order valence-corrected chi connectivity index (χ2v) is 5.03. The van der Waals surface area contributed by atoms with Crippen molar-refractivity contribution >= 4 is 17.6 Å². The van der Waals surface area contributed by atoms with Crippen molar-refractivity contribution in [3.05, 3.63) is 53.7 Å². The number of carbonyl (C=O) groups is 2. The van der Waals surface area contributed by atoms with E-state index in [1.807, 2.05) is 19.1 Å². The summed E-state index contributed by atoms with van der Waals surface area (Å²) in [6.45, 7) is 2.27. The summed E-state index contributed by atoms with van der Waals surface area (Å²) < 4.78 is 10.6. The molecule has 1 aliphatic rings. The van der Waals surface area contributed by atoms with Crippen molar-refractivity contribution in [2.24, 2.45) is 0 Å². The van der Waals surface area contributed by atoms with Gasteiger partial charge in [-0.1, -0.05) is 18.2 Å². The third-order valence-electron chi connectivity index (χ3n) is 3.49. The number of benzene rings is 1. The van der Waals surface area contributed by atoms with E-state index in [4.69, 9.17) is 9.47 Å². The van der Waals surface area contributed by atoms with Crippen LogP contribution in [0, 0.1) is 0 Å². The monoisotopic (exact) mass is 312 g/mol. The highest BCUT2D eigenvalue weighted by Crippen LogP contribution is 2.24. The topological polar surface area (TPSA) is 77.5 Å². The molecule has 6 heteroatoms. The molecule has 1 aromatic carbocycles. The predicted molar refractivity (Wildman–Crippen MR) is 83.4 cm³/mol. The molecule has 1 unspecified atom stereocenters. The van der Waals surface area contributed by atoms with Crippen LogP contribution in [-0.4, -0.2) is 29.6 Å². The largest absolute Gasteiger partial charge is 0.476 e. The Morgan fingerprint density at radius 3 is 3.00 bits per heavy atom. The summed E-state index contributed by atoms with van der Waals surface area (Å²) in [4.78, 5) is 28.5. The molecule has 1 aliphatic heterocycles. The molecule has 2 heterocycles. The van der Waals surface area contributed by atoms with Crippen LogP contribution in [-0.2, 0) is 16.0 Å². The Bertz CT molecular complexity index is 745. The number of pyridine rings is 1. The number of ether oxygens (including phenoxy) is 2. The summed E-state index contributed by atoms with van der Waals surface area (Å²) in [5.41, 5.74) is 1.77. The first kappa shape index (κ1) is 15.0. The molecular weight excluding hydrogens is 296 g/mol. The molecule has 0 saturated heterocycles. The number of hydrogen-bond donors (Lipinski definition) is 1. The summed E-state index contributed by atoms with van der Waals surface area (Å²) in [5, 5.41) is 2.71. The highest BCUT2D eigenvalue weighted by atomic mass is 16.5. The first-order valence-electron chi connectivity index (χ1n) is 7.36. The van der Waals surface area contributed by atoms with E-state index in [1.165, 1.54) is 0 Å². The molecule has 6 nitrogen and oxygen atoms in total. The number of anilines is 1. The average Bonchev–Trinajstić information content (AvgIpc) is 2.57. The van der Waals surface area contributed by atoms with E-state index in [2.05, 4.69) is 10.3 Å². The van der Waals surface area contributed by atoms with Crippen molar-refractivity contribution in [2.75, 3.05) is 11.9 Å². The van der Waals surface area contributed by atoms with E-state index in [9.17, 15) is 9.59 Å². The molecule has 23 heavy (non-hydrogen) atoms. The van der Waals surface area contributed by atoms with Gasteiger partial charge < -0.3 is 14.8 Å². The molecule has 2 aromatic rings. The summed E-state index contributed by atoms with van der Waals surface area (Å²) in [6.07, 6.45) is 1.06. The van der Waals surface area contributed by atoms with Gasteiger partial charge in [-0.3, -0.25) is 4.79 Å². The van der Waals surface area contributed by atoms with Crippen molar-refractivity contribution in [3.63, 3.8) is 0 Å². The highest BCUT2D eigenvalue weighted by molar-refractivity contribution is 6.00. The molecule has 1 aromatic heterocycles. The van der Waals surface area contributed by atoms with Gasteiger partial charge in [0.25, 0.3) is 5.91 Å². The number of carbonyl (C=O) groups excluding carboxylic acids is 2. The summed E-state index contributed by atoms with van der Waals surface area (Å²) in [6, 6.07) is 10.5. The fourth-order valence-corrected chi connectivity index (χ4v) is 2.43. The first-order valence-corrected chi connectivity index (χ1v) is 7.36. The lowest BCUT2D eigenvalue weighted by atomic mass is 9.98. The summed E-state index contributed by atoms with van der Waals surface area (Å²) in [5.74, 6) is -0.545. The van der Waals surface area contributed by atoms with Crippen molar-refractivity contribution in [2.45, 2.75) is 19.4 Å². The number of nitrogens with one attached hydrogen (secondary N) is 1. The molecule has 0 spiro atoms. The zero-order chi connectivity index (χ0) is 16.2. The Morgan fingerprint density at radius 2 is 2.17 bits per heavy atom. The molecule has 118 valence electrons. The smallest absolute Gasteiger partial charge is 0.339 e. The number of amides is 1. The van der Waals surface area contributed by atoms with Crippen LogP contribution in [0.15, 0.2) is 42.6 Å². The zero-order valence-corrected chi connectivity index (χ0v) is 12.6. The average molecular weight is 312 g/mol. The van der Waals surface area contributed by atoms with Crippen LogP contribution in [0.3, 0.4) is 0 Å². The summed E-state index contributed by atoms with van der Waals surface area (Å²) in [7, 11) is 0. The van der Waals surface area contributed by atoms with Crippen LogP contribution in [0.25, 0.3) is 0 Å². The number of hydrogen-bond acceptors (Lipinski definition) is 5. The Labute approximate surface area is 133 Å². The van der Waals surface area contributed by atoms with Gasteiger partial charge in [-0.25, -0.2) is 9.78 Å². The Morgan fingerprint density at radius 1 is 1.35 bits per heavy atom. The number of fused-ring (bicyclic) bond motifs is 1. The van der Waals surface area contributed by atoms with E-state index >= 15 is 0 Å². The minimum Gasteiger partial charge on any atom is -0.476 e. The van der Waals surface area contributed by atoms with Gasteiger partial charge in [0.2, 0.25) is 5.88 Å². The third kappa shape index (κ3) is 3.15. The van der Waals surface area contributed by atoms with Gasteiger partial charge in [-0.2, -0.15) is 0 Å². The predicted octanol–water partition coefficient (Wildman–Crippen LogP) is 2.20. The number of rotatable bonds is 4. The lowest BCUT2D eigenvalue weighted by Gasteiger charge is -2.24. The molecule has 0 radical (unpaired) electrons. The van der Waals surface area contributed by atoms with Gasteiger partial charge in [-0.15, -0.1) is 0 Å². The van der Waals surface area contributed by atoms with Crippen molar-refractivity contribution in [1.82, 2.24) is 4.98 Å². The van der Waals surface area contributed by atoms with Crippen molar-refractivity contribution in [3.8, 4) is 5.88 Å². The van der Waals surface area contributed by atoms with Gasteiger partial charge in [0, 0.05) is 12.6 Å². The number of aromatic nitrogens is 1. The van der Waals surface area contributed by atoms with Gasteiger partial charge >= 0.3 is 5.97 Å². The number of nitrogens with zero attached hydrogens (tertiary/aromatic N) is 1. The van der Waals surface area contributed by atoms with Crippen LogP contribution in [0.2, 0.25) is 0 Å². The van der Waals surface area contributed by atoms with E-state index in [-0.39, 0.29) is 0 Å². The first-order chi connectivity index (χ1) is 11.2. The molecule has 0 bridgehead atoms. The van der Waals surface area contributed by atoms with E-state index in [0.29, 0.717) is 30.2 Å². The Balaban J connectivity index is 1.76.